The third kappa shape index (κ3) is 6.89. The number of carbonyl (C=O) groups excluding carboxylic acids is 1. The van der Waals surface area contributed by atoms with Crippen molar-refractivity contribution in [2.75, 3.05) is 11.1 Å². The summed E-state index contributed by atoms with van der Waals surface area (Å²) in [4.78, 5) is 16.5. The number of phenols is 1. The molecule has 11 nitrogen and oxygen atoms in total. The lowest BCUT2D eigenvalue weighted by molar-refractivity contribution is -0.245. The Balaban J connectivity index is 1.18. The van der Waals surface area contributed by atoms with E-state index < -0.39 is 6.29 Å². The van der Waals surface area contributed by atoms with E-state index in [9.17, 15) is 15.0 Å². The molecule has 0 aliphatic carbocycles. The number of tetrazole rings is 1. The van der Waals surface area contributed by atoms with Crippen LogP contribution in [-0.2, 0) is 16.1 Å². The standard InChI is InChI=1S/C31H28N6O5S/c38-18-20-3-5-21(6-4-20)28-16-27(19-43-31-34-35-36-37(31)25-11-13-26(39)14-12-25)41-30(42-28)22-7-9-24(10-8-22)33-29(40)23-2-1-15-32-17-23/h1-15,17,27-28,30,38-39H,16,18-19H2,(H,33,40). The van der Waals surface area contributed by atoms with Crippen molar-refractivity contribution in [2.45, 2.75) is 36.7 Å². The zero-order chi connectivity index (χ0) is 29.6. The van der Waals surface area contributed by atoms with Crippen molar-refractivity contribution in [3.8, 4) is 11.4 Å². The molecule has 1 amide bonds. The highest BCUT2D eigenvalue weighted by Gasteiger charge is 2.32. The van der Waals surface area contributed by atoms with E-state index in [1.807, 2.05) is 48.5 Å². The Morgan fingerprint density at radius 2 is 1.74 bits per heavy atom. The van der Waals surface area contributed by atoms with Gasteiger partial charge in [-0.25, -0.2) is 0 Å². The van der Waals surface area contributed by atoms with E-state index in [1.54, 1.807) is 47.3 Å². The minimum atomic E-state index is -0.655. The summed E-state index contributed by atoms with van der Waals surface area (Å²) in [7, 11) is 0. The number of aliphatic hydroxyl groups is 1. The van der Waals surface area contributed by atoms with Crippen LogP contribution >= 0.6 is 11.8 Å². The average molecular weight is 597 g/mol. The number of nitrogens with one attached hydrogen (secondary N) is 1. The third-order valence-corrected chi connectivity index (χ3v) is 7.96. The molecule has 3 aromatic carbocycles. The first-order valence-electron chi connectivity index (χ1n) is 13.6. The van der Waals surface area contributed by atoms with Crippen molar-refractivity contribution in [2.24, 2.45) is 0 Å². The molecule has 1 aliphatic rings. The van der Waals surface area contributed by atoms with Crippen molar-refractivity contribution in [3.05, 3.63) is 120 Å². The summed E-state index contributed by atoms with van der Waals surface area (Å²) in [5.74, 6) is 0.474. The number of hydrogen-bond donors (Lipinski definition) is 3. The number of carbonyl (C=O) groups is 1. The highest BCUT2D eigenvalue weighted by Crippen LogP contribution is 2.39. The van der Waals surface area contributed by atoms with Gasteiger partial charge < -0.3 is 25.0 Å². The van der Waals surface area contributed by atoms with Crippen molar-refractivity contribution < 1.29 is 24.5 Å². The van der Waals surface area contributed by atoms with E-state index in [-0.39, 0.29) is 30.5 Å². The molecule has 3 heterocycles. The first kappa shape index (κ1) is 28.5. The normalized spacial score (nSPS) is 18.3. The Hall–Kier alpha value is -4.62. The number of amides is 1. The molecule has 1 aliphatic heterocycles. The third-order valence-electron chi connectivity index (χ3n) is 6.91. The van der Waals surface area contributed by atoms with Crippen LogP contribution in [0.1, 0.15) is 45.9 Å². The number of phenolic OH excluding ortho intramolecular Hbond substituents is 1. The van der Waals surface area contributed by atoms with Gasteiger partial charge in [-0.05, 0) is 70.1 Å². The highest BCUT2D eigenvalue weighted by atomic mass is 32.2. The summed E-state index contributed by atoms with van der Waals surface area (Å²) in [6, 6.07) is 25.1. The Labute approximate surface area is 251 Å². The summed E-state index contributed by atoms with van der Waals surface area (Å²) in [5.41, 5.74) is 4.45. The molecule has 0 bridgehead atoms. The second kappa shape index (κ2) is 13.1. The van der Waals surface area contributed by atoms with Gasteiger partial charge in [0.2, 0.25) is 5.16 Å². The van der Waals surface area contributed by atoms with Crippen LogP contribution in [0.3, 0.4) is 0 Å². The first-order chi connectivity index (χ1) is 21.1. The molecule has 0 spiro atoms. The largest absolute Gasteiger partial charge is 0.508 e. The molecule has 3 unspecified atom stereocenters. The summed E-state index contributed by atoms with van der Waals surface area (Å²) in [6.07, 6.45) is 2.62. The minimum absolute atomic E-state index is 0.0315. The number of benzene rings is 3. The molecule has 0 saturated carbocycles. The summed E-state index contributed by atoms with van der Waals surface area (Å²) in [5, 5.41) is 34.7. The molecule has 3 atom stereocenters. The number of thioether (sulfide) groups is 1. The molecule has 218 valence electrons. The van der Waals surface area contributed by atoms with Gasteiger partial charge in [0.1, 0.15) is 5.75 Å². The van der Waals surface area contributed by atoms with Crippen LogP contribution in [0.5, 0.6) is 5.75 Å². The fourth-order valence-corrected chi connectivity index (χ4v) is 5.55. The number of pyridine rings is 1. The highest BCUT2D eigenvalue weighted by molar-refractivity contribution is 7.99. The predicted molar refractivity (Wildman–Crippen MR) is 159 cm³/mol. The number of nitrogens with zero attached hydrogens (tertiary/aromatic N) is 5. The number of aliphatic hydroxyl groups excluding tert-OH is 1. The van der Waals surface area contributed by atoms with E-state index in [0.29, 0.717) is 28.6 Å². The van der Waals surface area contributed by atoms with Crippen LogP contribution in [0.25, 0.3) is 5.69 Å². The molecule has 43 heavy (non-hydrogen) atoms. The molecule has 2 aromatic heterocycles. The van der Waals surface area contributed by atoms with Gasteiger partial charge in [0.25, 0.3) is 5.91 Å². The summed E-state index contributed by atoms with van der Waals surface area (Å²) in [6.45, 7) is -0.0315. The minimum Gasteiger partial charge on any atom is -0.508 e. The Bertz CT molecular complexity index is 1650. The number of rotatable bonds is 9. The summed E-state index contributed by atoms with van der Waals surface area (Å²) < 4.78 is 14.5. The Morgan fingerprint density at radius 3 is 2.47 bits per heavy atom. The van der Waals surface area contributed by atoms with E-state index in [1.165, 1.54) is 18.0 Å². The van der Waals surface area contributed by atoms with Crippen molar-refractivity contribution >= 4 is 23.4 Å². The summed E-state index contributed by atoms with van der Waals surface area (Å²) >= 11 is 1.47. The molecule has 1 saturated heterocycles. The number of anilines is 1. The lowest BCUT2D eigenvalue weighted by Crippen LogP contribution is -2.31. The maximum absolute atomic E-state index is 12.5. The fourth-order valence-electron chi connectivity index (χ4n) is 4.64. The molecule has 5 aromatic rings. The van der Waals surface area contributed by atoms with E-state index in [4.69, 9.17) is 9.47 Å². The molecular weight excluding hydrogens is 568 g/mol. The molecule has 1 fully saturated rings. The van der Waals surface area contributed by atoms with Crippen LogP contribution in [0.15, 0.2) is 102 Å². The quantitative estimate of drug-likeness (QED) is 0.202. The predicted octanol–water partition coefficient (Wildman–Crippen LogP) is 4.85. The van der Waals surface area contributed by atoms with Crippen LogP contribution in [0, 0.1) is 0 Å². The molecule has 3 N–H and O–H groups in total. The average Bonchev–Trinajstić information content (AvgIpc) is 3.53. The molecule has 6 rings (SSSR count). The molecule has 0 radical (unpaired) electrons. The Morgan fingerprint density at radius 1 is 0.977 bits per heavy atom. The second-order valence-electron chi connectivity index (χ2n) is 9.87. The lowest BCUT2D eigenvalue weighted by Gasteiger charge is -2.36. The second-order valence-corrected chi connectivity index (χ2v) is 10.9. The van der Waals surface area contributed by atoms with Crippen molar-refractivity contribution in [3.63, 3.8) is 0 Å². The SMILES string of the molecule is O=C(Nc1ccc(C2OC(CSc3nnnn3-c3ccc(O)cc3)CC(c3ccc(CO)cc3)O2)cc1)c1cccnc1. The zero-order valence-corrected chi connectivity index (χ0v) is 23.7. The topological polar surface area (TPSA) is 145 Å². The number of aromatic nitrogens is 5. The van der Waals surface area contributed by atoms with Crippen LogP contribution < -0.4 is 5.32 Å². The molecule has 12 heteroatoms. The van der Waals surface area contributed by atoms with Gasteiger partial charge in [-0.3, -0.25) is 9.78 Å². The van der Waals surface area contributed by atoms with E-state index >= 15 is 0 Å². The van der Waals surface area contributed by atoms with Gasteiger partial charge in [-0.2, -0.15) is 4.68 Å². The number of aromatic hydroxyl groups is 1. The van der Waals surface area contributed by atoms with E-state index in [0.717, 1.165) is 22.4 Å². The van der Waals surface area contributed by atoms with Gasteiger partial charge in [0, 0.05) is 35.8 Å². The zero-order valence-electron chi connectivity index (χ0n) is 22.9. The van der Waals surface area contributed by atoms with Gasteiger partial charge in [-0.1, -0.05) is 48.2 Å². The maximum Gasteiger partial charge on any atom is 0.257 e. The Kier molecular flexibility index (Phi) is 8.70. The van der Waals surface area contributed by atoms with Crippen molar-refractivity contribution in [1.82, 2.24) is 25.2 Å². The molecular formula is C31H28N6O5S. The smallest absolute Gasteiger partial charge is 0.257 e. The maximum atomic E-state index is 12.5. The van der Waals surface area contributed by atoms with Crippen LogP contribution in [0.4, 0.5) is 5.69 Å². The van der Waals surface area contributed by atoms with Gasteiger partial charge in [0.15, 0.2) is 6.29 Å². The first-order valence-corrected chi connectivity index (χ1v) is 14.6. The van der Waals surface area contributed by atoms with E-state index in [2.05, 4.69) is 25.8 Å². The monoisotopic (exact) mass is 596 g/mol. The van der Waals surface area contributed by atoms with Crippen LogP contribution in [0.2, 0.25) is 0 Å². The lowest BCUT2D eigenvalue weighted by atomic mass is 10.0. The van der Waals surface area contributed by atoms with Crippen LogP contribution in [-0.4, -0.2) is 53.2 Å². The fraction of sp³-hybridized carbons (Fsp3) is 0.194. The van der Waals surface area contributed by atoms with Gasteiger partial charge >= 0.3 is 0 Å². The number of hydrogen-bond acceptors (Lipinski definition) is 10. The van der Waals surface area contributed by atoms with Gasteiger partial charge in [-0.15, -0.1) is 5.10 Å². The number of ether oxygens (including phenoxy) is 2. The van der Waals surface area contributed by atoms with Crippen molar-refractivity contribution in [1.29, 1.82) is 0 Å². The van der Waals surface area contributed by atoms with Gasteiger partial charge in [0.05, 0.1) is 30.1 Å².